The van der Waals surface area contributed by atoms with E-state index < -0.39 is 22.8 Å². The zero-order chi connectivity index (χ0) is 14.1. The van der Waals surface area contributed by atoms with Crippen LogP contribution in [0.2, 0.25) is 0 Å². The van der Waals surface area contributed by atoms with Crippen LogP contribution in [0.25, 0.3) is 0 Å². The van der Waals surface area contributed by atoms with Crippen LogP contribution in [0.1, 0.15) is 34.6 Å². The van der Waals surface area contributed by atoms with Gasteiger partial charge in [0.15, 0.2) is 5.78 Å². The summed E-state index contributed by atoms with van der Waals surface area (Å²) in [5.74, 6) is -0.767. The Balaban J connectivity index is 5.38. The normalized spacial score (nSPS) is 14.8. The molecule has 0 amide bonds. The summed E-state index contributed by atoms with van der Waals surface area (Å²) in [4.78, 5) is 11.7. The topological polar surface area (TPSA) is 26.3 Å². The minimum atomic E-state index is -4.47. The lowest BCUT2D eigenvalue weighted by atomic mass is 9.85. The summed E-state index contributed by atoms with van der Waals surface area (Å²) < 4.78 is 43.1. The third kappa shape index (κ3) is 3.75. The smallest absolute Gasteiger partial charge is 0.400 e. The third-order valence-electron chi connectivity index (χ3n) is 2.55. The second kappa shape index (κ2) is 4.70. The summed E-state index contributed by atoms with van der Waals surface area (Å²) in [5.41, 5.74) is -2.91. The Bertz CT molecular complexity index is 320. The van der Waals surface area contributed by atoms with Gasteiger partial charge in [-0.1, -0.05) is 20.8 Å². The van der Waals surface area contributed by atoms with Crippen LogP contribution < -0.4 is 0 Å². The van der Waals surface area contributed by atoms with Gasteiger partial charge in [0.05, 0.1) is 7.11 Å². The molecule has 0 rings (SSSR count). The van der Waals surface area contributed by atoms with Crippen molar-refractivity contribution in [1.29, 1.82) is 0 Å². The van der Waals surface area contributed by atoms with Gasteiger partial charge in [0.2, 0.25) is 0 Å². The summed E-state index contributed by atoms with van der Waals surface area (Å²) in [6.45, 7) is 6.88. The highest BCUT2D eigenvalue weighted by Gasteiger charge is 2.51. The van der Waals surface area contributed by atoms with Crippen molar-refractivity contribution in [1.82, 2.24) is 0 Å². The predicted octanol–water partition coefficient (Wildman–Crippen LogP) is 3.72. The summed E-state index contributed by atoms with van der Waals surface area (Å²) in [7, 11) is 1.13. The number of methoxy groups -OCH3 is 1. The van der Waals surface area contributed by atoms with Gasteiger partial charge in [-0.3, -0.25) is 4.79 Å². The molecule has 0 heterocycles. The third-order valence-corrected chi connectivity index (χ3v) is 2.55. The molecule has 0 bridgehead atoms. The highest BCUT2D eigenvalue weighted by molar-refractivity contribution is 5.94. The Morgan fingerprint density at radius 2 is 1.47 bits per heavy atom. The summed E-state index contributed by atoms with van der Waals surface area (Å²) in [6.07, 6.45) is -3.53. The van der Waals surface area contributed by atoms with Crippen molar-refractivity contribution in [3.8, 4) is 0 Å². The number of carbonyl (C=O) groups is 1. The highest BCUT2D eigenvalue weighted by atomic mass is 19.4. The van der Waals surface area contributed by atoms with E-state index in [2.05, 4.69) is 0 Å². The van der Waals surface area contributed by atoms with Crippen molar-refractivity contribution in [3.05, 3.63) is 11.8 Å². The zero-order valence-corrected chi connectivity index (χ0v) is 11.0. The molecule has 0 saturated heterocycles. The lowest BCUT2D eigenvalue weighted by Gasteiger charge is -2.29. The van der Waals surface area contributed by atoms with Gasteiger partial charge < -0.3 is 4.74 Å². The molecule has 0 saturated carbocycles. The number of hydrogen-bond acceptors (Lipinski definition) is 2. The fourth-order valence-corrected chi connectivity index (χ4v) is 0.970. The first-order valence-electron chi connectivity index (χ1n) is 5.21. The molecule has 0 atom stereocenters. The molecule has 0 spiro atoms. The first-order chi connectivity index (χ1) is 7.34. The Hall–Kier alpha value is -1.00. The van der Waals surface area contributed by atoms with E-state index in [1.807, 2.05) is 0 Å². The maximum absolute atomic E-state index is 12.8. The number of alkyl halides is 3. The van der Waals surface area contributed by atoms with Gasteiger partial charge in [0.25, 0.3) is 0 Å². The quantitative estimate of drug-likeness (QED) is 0.565. The first kappa shape index (κ1) is 16.0. The molecular weight excluding hydrogens is 233 g/mol. The standard InChI is InChI=1S/C12H19F3O2/c1-10(2,3)8(16)7-9(17-6)11(4,5)12(13,14)15/h7H,1-6H3/b9-7-. The Kier molecular flexibility index (Phi) is 4.43. The van der Waals surface area contributed by atoms with Crippen LogP contribution >= 0.6 is 0 Å². The van der Waals surface area contributed by atoms with E-state index >= 15 is 0 Å². The second-order valence-electron chi connectivity index (χ2n) is 5.45. The molecule has 0 aromatic carbocycles. The average Bonchev–Trinajstić information content (AvgIpc) is 2.09. The van der Waals surface area contributed by atoms with Crippen LogP contribution in [0.5, 0.6) is 0 Å². The van der Waals surface area contributed by atoms with E-state index in [0.29, 0.717) is 0 Å². The highest BCUT2D eigenvalue weighted by Crippen LogP contribution is 2.43. The van der Waals surface area contributed by atoms with Crippen molar-refractivity contribution in [2.24, 2.45) is 10.8 Å². The molecule has 0 N–H and O–H groups in total. The molecule has 2 nitrogen and oxygen atoms in total. The summed E-state index contributed by atoms with van der Waals surface area (Å²) in [6, 6.07) is 0. The van der Waals surface area contributed by atoms with Crippen LogP contribution in [0.15, 0.2) is 11.8 Å². The number of rotatable bonds is 3. The monoisotopic (exact) mass is 252 g/mol. The Labute approximate surface area is 99.8 Å². The SMILES string of the molecule is CO/C(=C\C(=O)C(C)(C)C)C(C)(C)C(F)(F)F. The first-order valence-corrected chi connectivity index (χ1v) is 5.21. The van der Waals surface area contributed by atoms with Crippen molar-refractivity contribution < 1.29 is 22.7 Å². The average molecular weight is 252 g/mol. The minimum absolute atomic E-state index is 0.370. The van der Waals surface area contributed by atoms with Gasteiger partial charge in [0.1, 0.15) is 11.2 Å². The van der Waals surface area contributed by atoms with Gasteiger partial charge >= 0.3 is 6.18 Å². The number of halogens is 3. The van der Waals surface area contributed by atoms with E-state index in [-0.39, 0.29) is 5.76 Å². The van der Waals surface area contributed by atoms with Crippen LogP contribution in [0.3, 0.4) is 0 Å². The number of hydrogen-bond donors (Lipinski definition) is 0. The van der Waals surface area contributed by atoms with Gasteiger partial charge in [-0.15, -0.1) is 0 Å². The van der Waals surface area contributed by atoms with Crippen LogP contribution in [0.4, 0.5) is 13.2 Å². The Morgan fingerprint density at radius 3 is 1.71 bits per heavy atom. The Morgan fingerprint density at radius 1 is 1.06 bits per heavy atom. The fraction of sp³-hybridized carbons (Fsp3) is 0.750. The number of ether oxygens (including phenoxy) is 1. The second-order valence-corrected chi connectivity index (χ2v) is 5.45. The molecule has 100 valence electrons. The maximum atomic E-state index is 12.8. The molecular formula is C12H19F3O2. The molecule has 0 radical (unpaired) electrons. The lowest BCUT2D eigenvalue weighted by molar-refractivity contribution is -0.208. The maximum Gasteiger partial charge on any atom is 0.400 e. The van der Waals surface area contributed by atoms with Crippen LogP contribution in [-0.2, 0) is 9.53 Å². The van der Waals surface area contributed by atoms with Gasteiger partial charge in [-0.05, 0) is 13.8 Å². The molecule has 17 heavy (non-hydrogen) atoms. The molecule has 0 aliphatic carbocycles. The van der Waals surface area contributed by atoms with Crippen molar-refractivity contribution in [3.63, 3.8) is 0 Å². The van der Waals surface area contributed by atoms with E-state index in [1.54, 1.807) is 20.8 Å². The van der Waals surface area contributed by atoms with Crippen LogP contribution in [0, 0.1) is 10.8 Å². The largest absolute Gasteiger partial charge is 0.500 e. The van der Waals surface area contributed by atoms with Crippen molar-refractivity contribution >= 4 is 5.78 Å². The van der Waals surface area contributed by atoms with Gasteiger partial charge in [0, 0.05) is 11.5 Å². The molecule has 0 aliphatic heterocycles. The molecule has 5 heteroatoms. The van der Waals surface area contributed by atoms with E-state index in [9.17, 15) is 18.0 Å². The van der Waals surface area contributed by atoms with Crippen molar-refractivity contribution in [2.45, 2.75) is 40.8 Å². The van der Waals surface area contributed by atoms with Gasteiger partial charge in [-0.25, -0.2) is 0 Å². The number of allylic oxidation sites excluding steroid dienone is 2. The lowest BCUT2D eigenvalue weighted by Crippen LogP contribution is -2.35. The fourth-order valence-electron chi connectivity index (χ4n) is 0.970. The minimum Gasteiger partial charge on any atom is -0.500 e. The molecule has 0 aromatic rings. The molecule has 0 aliphatic rings. The molecule has 0 aromatic heterocycles. The molecule has 0 fully saturated rings. The van der Waals surface area contributed by atoms with Crippen molar-refractivity contribution in [2.75, 3.05) is 7.11 Å². The zero-order valence-electron chi connectivity index (χ0n) is 11.0. The predicted molar refractivity (Wildman–Crippen MR) is 59.4 cm³/mol. The molecule has 0 unspecified atom stereocenters. The van der Waals surface area contributed by atoms with E-state index in [4.69, 9.17) is 4.74 Å². The summed E-state index contributed by atoms with van der Waals surface area (Å²) in [5, 5.41) is 0. The van der Waals surface area contributed by atoms with E-state index in [1.165, 1.54) is 0 Å². The summed E-state index contributed by atoms with van der Waals surface area (Å²) >= 11 is 0. The van der Waals surface area contributed by atoms with Crippen LogP contribution in [-0.4, -0.2) is 19.1 Å². The number of carbonyl (C=O) groups excluding carboxylic acids is 1. The van der Waals surface area contributed by atoms with Gasteiger partial charge in [-0.2, -0.15) is 13.2 Å². The van der Waals surface area contributed by atoms with E-state index in [0.717, 1.165) is 27.0 Å². The number of ketones is 1.